The second-order valence-corrected chi connectivity index (χ2v) is 7.73. The first-order valence-electron chi connectivity index (χ1n) is 6.82. The van der Waals surface area contributed by atoms with Crippen molar-refractivity contribution < 1.29 is 18.9 Å². The van der Waals surface area contributed by atoms with E-state index in [1.807, 2.05) is 20.8 Å². The predicted molar refractivity (Wildman–Crippen MR) is 86.9 cm³/mol. The maximum atomic E-state index is 5.30. The van der Waals surface area contributed by atoms with Crippen LogP contribution in [0.1, 0.15) is 20.8 Å². The smallest absolute Gasteiger partial charge is 0.312 e. The summed E-state index contributed by atoms with van der Waals surface area (Å²) in [7, 11) is 2.00. The second-order valence-electron chi connectivity index (χ2n) is 3.95. The molecule has 0 radical (unpaired) electrons. The van der Waals surface area contributed by atoms with Gasteiger partial charge in [-0.1, -0.05) is 18.8 Å². The molecule has 0 atom stereocenters. The van der Waals surface area contributed by atoms with Gasteiger partial charge in [-0.3, -0.25) is 0 Å². The van der Waals surface area contributed by atoms with Crippen molar-refractivity contribution in [2.45, 2.75) is 33.9 Å². The fourth-order valence-electron chi connectivity index (χ4n) is 1.02. The molecule has 4 nitrogen and oxygen atoms in total. The van der Waals surface area contributed by atoms with E-state index in [0.29, 0.717) is 25.8 Å². The first-order valence-corrected chi connectivity index (χ1v) is 10.8. The summed E-state index contributed by atoms with van der Waals surface area (Å²) in [6.45, 7) is 12.2. The highest BCUT2D eigenvalue weighted by Crippen LogP contribution is 2.06. The summed E-state index contributed by atoms with van der Waals surface area (Å²) in [6, 6.07) is 0. The summed E-state index contributed by atoms with van der Waals surface area (Å²) in [4.78, 5) is 0. The Labute approximate surface area is 122 Å². The van der Waals surface area contributed by atoms with Crippen LogP contribution in [0.5, 0.6) is 0 Å². The van der Waals surface area contributed by atoms with Crippen molar-refractivity contribution in [3.05, 3.63) is 23.3 Å². The zero-order valence-corrected chi connectivity index (χ0v) is 16.6. The van der Waals surface area contributed by atoms with Crippen molar-refractivity contribution in [1.82, 2.24) is 0 Å². The molecule has 0 spiro atoms. The second kappa shape index (κ2) is 15.2. The standard InChI is InChI=1S/C8H18O3Si.C5H12OSi/c1-4-9-7(10-5-2)8(12)11-6-3;1-6-4-5-7(2)3/h4-6H2,1-3,12H3;4-5,7H,1-3H3. The van der Waals surface area contributed by atoms with Gasteiger partial charge < -0.3 is 18.9 Å². The molecule has 0 aromatic heterocycles. The van der Waals surface area contributed by atoms with E-state index in [1.54, 1.807) is 13.4 Å². The highest BCUT2D eigenvalue weighted by molar-refractivity contribution is 6.61. The normalized spacial score (nSPS) is 9.84. The van der Waals surface area contributed by atoms with Crippen molar-refractivity contribution in [3.8, 4) is 0 Å². The summed E-state index contributed by atoms with van der Waals surface area (Å²) in [5.74, 6) is 0.563. The lowest BCUT2D eigenvalue weighted by Gasteiger charge is -2.12. The average molecular weight is 307 g/mol. The summed E-state index contributed by atoms with van der Waals surface area (Å²) in [5.41, 5.74) is 2.14. The van der Waals surface area contributed by atoms with Gasteiger partial charge in [0, 0.05) is 0 Å². The minimum Gasteiger partial charge on any atom is -0.505 e. The Hall–Kier alpha value is -0.886. The third-order valence-electron chi connectivity index (χ3n) is 1.80. The number of methoxy groups -OCH3 is 1. The van der Waals surface area contributed by atoms with E-state index in [1.165, 1.54) is 0 Å². The molecule has 114 valence electrons. The summed E-state index contributed by atoms with van der Waals surface area (Å²) < 4.78 is 20.5. The molecule has 0 fully saturated rings. The van der Waals surface area contributed by atoms with Crippen molar-refractivity contribution in [2.24, 2.45) is 0 Å². The molecule has 19 heavy (non-hydrogen) atoms. The minimum absolute atomic E-state index is 0.494. The third kappa shape index (κ3) is 15.1. The van der Waals surface area contributed by atoms with Crippen LogP contribution in [0.15, 0.2) is 23.3 Å². The predicted octanol–water partition coefficient (Wildman–Crippen LogP) is 1.76. The lowest BCUT2D eigenvalue weighted by molar-refractivity contribution is 0.0288. The molecule has 0 heterocycles. The van der Waals surface area contributed by atoms with E-state index in [-0.39, 0.29) is 0 Å². The van der Waals surface area contributed by atoms with Crippen molar-refractivity contribution in [3.63, 3.8) is 0 Å². The lowest BCUT2D eigenvalue weighted by atomic mass is 10.8. The van der Waals surface area contributed by atoms with Gasteiger partial charge in [-0.25, -0.2) is 0 Å². The van der Waals surface area contributed by atoms with Gasteiger partial charge in [0.15, 0.2) is 0 Å². The van der Waals surface area contributed by atoms with Crippen LogP contribution >= 0.6 is 0 Å². The van der Waals surface area contributed by atoms with Crippen LogP contribution in [0.3, 0.4) is 0 Å². The quantitative estimate of drug-likeness (QED) is 0.506. The van der Waals surface area contributed by atoms with Crippen LogP contribution in [0.2, 0.25) is 13.1 Å². The number of rotatable bonds is 8. The molecule has 0 bridgehead atoms. The Balaban J connectivity index is 0. The van der Waals surface area contributed by atoms with Gasteiger partial charge in [-0.05, 0) is 20.8 Å². The molecule has 6 heteroatoms. The van der Waals surface area contributed by atoms with Crippen LogP contribution < -0.4 is 0 Å². The largest absolute Gasteiger partial charge is 0.505 e. The maximum Gasteiger partial charge on any atom is 0.312 e. The molecular formula is C13H30O4Si2. The first kappa shape index (κ1) is 20.4. The minimum atomic E-state index is -0.494. The Morgan fingerprint density at radius 1 is 1.00 bits per heavy atom. The van der Waals surface area contributed by atoms with E-state index in [0.717, 1.165) is 15.6 Å². The van der Waals surface area contributed by atoms with E-state index < -0.39 is 8.80 Å². The number of hydrogen-bond acceptors (Lipinski definition) is 4. The molecule has 0 saturated heterocycles. The van der Waals surface area contributed by atoms with Gasteiger partial charge in [0.05, 0.1) is 52.2 Å². The number of ether oxygens (including phenoxy) is 4. The van der Waals surface area contributed by atoms with E-state index in [4.69, 9.17) is 18.9 Å². The highest BCUT2D eigenvalue weighted by atomic mass is 28.3. The Morgan fingerprint density at radius 2 is 1.47 bits per heavy atom. The van der Waals surface area contributed by atoms with Gasteiger partial charge in [0.2, 0.25) is 0 Å². The van der Waals surface area contributed by atoms with Gasteiger partial charge in [-0.2, -0.15) is 0 Å². The van der Waals surface area contributed by atoms with Gasteiger partial charge in [-0.15, -0.1) is 0 Å². The summed E-state index contributed by atoms with van der Waals surface area (Å²) >= 11 is 0. The van der Waals surface area contributed by atoms with Crippen LogP contribution in [-0.4, -0.2) is 46.0 Å². The fourth-order valence-corrected chi connectivity index (χ4v) is 2.07. The van der Waals surface area contributed by atoms with E-state index in [2.05, 4.69) is 18.8 Å². The van der Waals surface area contributed by atoms with Gasteiger partial charge in [0.25, 0.3) is 0 Å². The van der Waals surface area contributed by atoms with Gasteiger partial charge >= 0.3 is 5.95 Å². The maximum absolute atomic E-state index is 5.30. The molecule has 0 rings (SSSR count). The Kier molecular flexibility index (Phi) is 16.3. The lowest BCUT2D eigenvalue weighted by Crippen LogP contribution is -2.05. The molecule has 0 aromatic carbocycles. The zero-order valence-electron chi connectivity index (χ0n) is 13.5. The summed E-state index contributed by atoms with van der Waals surface area (Å²) in [5, 5.41) is 0.848. The summed E-state index contributed by atoms with van der Waals surface area (Å²) in [6.07, 6.45) is 1.76. The number of hydrogen-bond donors (Lipinski definition) is 0. The van der Waals surface area contributed by atoms with Crippen LogP contribution in [0.4, 0.5) is 0 Å². The molecule has 0 aliphatic heterocycles. The topological polar surface area (TPSA) is 36.9 Å². The monoisotopic (exact) mass is 306 g/mol. The van der Waals surface area contributed by atoms with Crippen molar-refractivity contribution >= 4 is 19.0 Å². The molecule has 0 amide bonds. The molecule has 0 aliphatic carbocycles. The van der Waals surface area contributed by atoms with Crippen molar-refractivity contribution in [1.29, 1.82) is 0 Å². The third-order valence-corrected chi connectivity index (χ3v) is 3.42. The molecule has 0 aromatic rings. The van der Waals surface area contributed by atoms with Gasteiger partial charge in [0.1, 0.15) is 5.38 Å². The fraction of sp³-hybridized carbons (Fsp3) is 0.692. The van der Waals surface area contributed by atoms with Crippen LogP contribution in [0, 0.1) is 0 Å². The highest BCUT2D eigenvalue weighted by Gasteiger charge is 2.03. The van der Waals surface area contributed by atoms with Crippen molar-refractivity contribution in [2.75, 3.05) is 26.9 Å². The van der Waals surface area contributed by atoms with Crippen LogP contribution in [0.25, 0.3) is 0 Å². The SMILES string of the molecule is CCOC([SiH3])=C(OCC)OCC.COC=C[SiH](C)C. The molecule has 0 saturated carbocycles. The molecule has 0 unspecified atom stereocenters. The van der Waals surface area contributed by atoms with Crippen LogP contribution in [-0.2, 0) is 18.9 Å². The Bertz CT molecular complexity index is 245. The Morgan fingerprint density at radius 3 is 1.74 bits per heavy atom. The zero-order chi connectivity index (χ0) is 15.1. The first-order chi connectivity index (χ1) is 9.03. The molecule has 0 N–H and O–H groups in total. The van der Waals surface area contributed by atoms with E-state index >= 15 is 0 Å². The molecule has 0 aliphatic rings. The average Bonchev–Trinajstić information content (AvgIpc) is 2.37. The van der Waals surface area contributed by atoms with E-state index in [9.17, 15) is 0 Å². The molecular weight excluding hydrogens is 276 g/mol.